The molecule has 0 spiro atoms. The molecule has 2 atom stereocenters. The van der Waals surface area contributed by atoms with Crippen LogP contribution in [0.2, 0.25) is 0 Å². The topological polar surface area (TPSA) is 64.6 Å². The van der Waals surface area contributed by atoms with Gasteiger partial charge in [-0.15, -0.1) is 0 Å². The summed E-state index contributed by atoms with van der Waals surface area (Å²) in [5.41, 5.74) is 2.15. The summed E-state index contributed by atoms with van der Waals surface area (Å²) in [4.78, 5) is 24.4. The molecule has 0 fully saturated rings. The Morgan fingerprint density at radius 2 is 1.69 bits per heavy atom. The first-order chi connectivity index (χ1) is 12.5. The minimum atomic E-state index is -0.888. The number of para-hydroxylation sites is 1. The quantitative estimate of drug-likeness (QED) is 0.737. The zero-order valence-corrected chi connectivity index (χ0v) is 15.4. The predicted octanol–water partition coefficient (Wildman–Crippen LogP) is 3.40. The molecule has 0 aliphatic carbocycles. The van der Waals surface area contributed by atoms with E-state index in [9.17, 15) is 9.59 Å². The zero-order valence-electron chi connectivity index (χ0n) is 15.4. The van der Waals surface area contributed by atoms with Crippen LogP contribution < -0.4 is 10.1 Å². The van der Waals surface area contributed by atoms with Crippen LogP contribution >= 0.6 is 0 Å². The number of rotatable bonds is 8. The number of ether oxygens (including phenoxy) is 2. The number of esters is 1. The Morgan fingerprint density at radius 3 is 2.31 bits per heavy atom. The second-order valence-electron chi connectivity index (χ2n) is 6.11. The highest BCUT2D eigenvalue weighted by atomic mass is 16.6. The van der Waals surface area contributed by atoms with Gasteiger partial charge in [-0.25, -0.2) is 4.79 Å². The summed E-state index contributed by atoms with van der Waals surface area (Å²) < 4.78 is 10.9. The monoisotopic (exact) mass is 355 g/mol. The Labute approximate surface area is 154 Å². The summed E-state index contributed by atoms with van der Waals surface area (Å²) in [5.74, 6) is -0.296. The Morgan fingerprint density at radius 1 is 1.04 bits per heavy atom. The van der Waals surface area contributed by atoms with Gasteiger partial charge < -0.3 is 14.8 Å². The molecule has 0 bridgehead atoms. The molecule has 0 radical (unpaired) electrons. The smallest absolute Gasteiger partial charge is 0.348 e. The molecule has 5 nitrogen and oxygen atoms in total. The van der Waals surface area contributed by atoms with E-state index in [1.54, 1.807) is 19.1 Å². The number of carbonyl (C=O) groups excluding carboxylic acids is 2. The lowest BCUT2D eigenvalue weighted by molar-refractivity contribution is -0.161. The van der Waals surface area contributed by atoms with E-state index in [-0.39, 0.29) is 5.91 Å². The molecule has 5 heteroatoms. The van der Waals surface area contributed by atoms with Gasteiger partial charge in [0.1, 0.15) is 5.75 Å². The van der Waals surface area contributed by atoms with Gasteiger partial charge in [-0.3, -0.25) is 4.79 Å². The van der Waals surface area contributed by atoms with E-state index in [0.29, 0.717) is 18.7 Å². The van der Waals surface area contributed by atoms with Crippen molar-refractivity contribution in [1.82, 2.24) is 5.32 Å². The summed E-state index contributed by atoms with van der Waals surface area (Å²) in [7, 11) is 0. The Kier molecular flexibility index (Phi) is 7.21. The minimum absolute atomic E-state index is 0.339. The average molecular weight is 355 g/mol. The summed E-state index contributed by atoms with van der Waals surface area (Å²) in [5, 5.41) is 2.77. The van der Waals surface area contributed by atoms with Gasteiger partial charge in [0.2, 0.25) is 0 Å². The maximum Gasteiger partial charge on any atom is 0.348 e. The van der Waals surface area contributed by atoms with E-state index in [0.717, 1.165) is 11.1 Å². The number of hydrogen-bond acceptors (Lipinski definition) is 4. The number of carbonyl (C=O) groups is 2. The fourth-order valence-electron chi connectivity index (χ4n) is 2.30. The van der Waals surface area contributed by atoms with Crippen LogP contribution in [0.5, 0.6) is 5.75 Å². The lowest BCUT2D eigenvalue weighted by Crippen LogP contribution is -2.39. The summed E-state index contributed by atoms with van der Waals surface area (Å²) in [6.07, 6.45) is -1.18. The molecular weight excluding hydrogens is 330 g/mol. The van der Waals surface area contributed by atoms with Crippen LogP contribution in [0.1, 0.15) is 31.4 Å². The van der Waals surface area contributed by atoms with Gasteiger partial charge in [-0.1, -0.05) is 55.0 Å². The van der Waals surface area contributed by atoms with Crippen molar-refractivity contribution in [3.8, 4) is 5.75 Å². The second-order valence-corrected chi connectivity index (χ2v) is 6.11. The number of benzene rings is 2. The molecule has 0 aliphatic heterocycles. The second kappa shape index (κ2) is 9.61. The van der Waals surface area contributed by atoms with E-state index < -0.39 is 18.2 Å². The average Bonchev–Trinajstić information content (AvgIpc) is 2.66. The standard InChI is InChI=1S/C21H25NO4/c1-4-19(26-18-8-6-5-7-9-18)21(24)25-16(3)20(23)22-14-17-12-10-15(2)11-13-17/h5-13,16,19H,4,14H2,1-3H3,(H,22,23)/t16-,19-/m0/s1. The number of amides is 1. The number of nitrogens with one attached hydrogen (secondary N) is 1. The predicted molar refractivity (Wildman–Crippen MR) is 99.7 cm³/mol. The van der Waals surface area contributed by atoms with Crippen molar-refractivity contribution in [3.05, 3.63) is 65.7 Å². The molecule has 0 saturated heterocycles. The Balaban J connectivity index is 1.84. The molecule has 0 aromatic heterocycles. The highest BCUT2D eigenvalue weighted by Gasteiger charge is 2.25. The maximum atomic E-state index is 12.3. The molecule has 0 aliphatic rings. The Hall–Kier alpha value is -2.82. The van der Waals surface area contributed by atoms with E-state index in [4.69, 9.17) is 9.47 Å². The van der Waals surface area contributed by atoms with Crippen molar-refractivity contribution >= 4 is 11.9 Å². The van der Waals surface area contributed by atoms with Crippen LogP contribution in [0.15, 0.2) is 54.6 Å². The molecule has 26 heavy (non-hydrogen) atoms. The molecule has 0 heterocycles. The van der Waals surface area contributed by atoms with Crippen LogP contribution in [0.3, 0.4) is 0 Å². The molecule has 1 N–H and O–H groups in total. The van der Waals surface area contributed by atoms with E-state index in [1.165, 1.54) is 0 Å². The van der Waals surface area contributed by atoms with E-state index in [2.05, 4.69) is 5.32 Å². The molecule has 1 amide bonds. The lowest BCUT2D eigenvalue weighted by Gasteiger charge is -2.19. The van der Waals surface area contributed by atoms with Crippen molar-refractivity contribution in [3.63, 3.8) is 0 Å². The Bertz CT molecular complexity index is 713. The zero-order chi connectivity index (χ0) is 18.9. The maximum absolute atomic E-state index is 12.3. The highest BCUT2D eigenvalue weighted by molar-refractivity contribution is 5.84. The van der Waals surface area contributed by atoms with Crippen molar-refractivity contribution in [1.29, 1.82) is 0 Å². The normalized spacial score (nSPS) is 12.7. The fraction of sp³-hybridized carbons (Fsp3) is 0.333. The fourth-order valence-corrected chi connectivity index (χ4v) is 2.30. The number of hydrogen-bond donors (Lipinski definition) is 1. The third-order valence-corrected chi connectivity index (χ3v) is 3.90. The van der Waals surface area contributed by atoms with Crippen molar-refractivity contribution < 1.29 is 19.1 Å². The van der Waals surface area contributed by atoms with Gasteiger partial charge in [0, 0.05) is 6.54 Å². The number of aryl methyl sites for hydroxylation is 1. The van der Waals surface area contributed by atoms with Crippen LogP contribution in [-0.4, -0.2) is 24.1 Å². The van der Waals surface area contributed by atoms with Gasteiger partial charge >= 0.3 is 5.97 Å². The van der Waals surface area contributed by atoms with Crippen molar-refractivity contribution in [2.75, 3.05) is 0 Å². The summed E-state index contributed by atoms with van der Waals surface area (Å²) in [6.45, 7) is 5.78. The summed E-state index contributed by atoms with van der Waals surface area (Å²) >= 11 is 0. The minimum Gasteiger partial charge on any atom is -0.479 e. The molecular formula is C21H25NO4. The lowest BCUT2D eigenvalue weighted by atomic mass is 10.1. The molecule has 2 rings (SSSR count). The van der Waals surface area contributed by atoms with E-state index in [1.807, 2.05) is 56.3 Å². The third kappa shape index (κ3) is 5.92. The van der Waals surface area contributed by atoms with Gasteiger partial charge in [0.15, 0.2) is 12.2 Å². The van der Waals surface area contributed by atoms with Crippen LogP contribution in [0, 0.1) is 6.92 Å². The third-order valence-electron chi connectivity index (χ3n) is 3.90. The van der Waals surface area contributed by atoms with Gasteiger partial charge in [0.05, 0.1) is 0 Å². The van der Waals surface area contributed by atoms with Crippen LogP contribution in [0.4, 0.5) is 0 Å². The molecule has 2 aromatic carbocycles. The van der Waals surface area contributed by atoms with Gasteiger partial charge in [-0.05, 0) is 38.0 Å². The molecule has 2 aromatic rings. The van der Waals surface area contributed by atoms with Crippen LogP contribution in [-0.2, 0) is 20.9 Å². The van der Waals surface area contributed by atoms with Crippen LogP contribution in [0.25, 0.3) is 0 Å². The first-order valence-corrected chi connectivity index (χ1v) is 8.75. The SMILES string of the molecule is CC[C@H](Oc1ccccc1)C(=O)O[C@@H](C)C(=O)NCc1ccc(C)cc1. The largest absolute Gasteiger partial charge is 0.479 e. The van der Waals surface area contributed by atoms with E-state index >= 15 is 0 Å². The highest BCUT2D eigenvalue weighted by Crippen LogP contribution is 2.14. The van der Waals surface area contributed by atoms with Crippen molar-refractivity contribution in [2.45, 2.75) is 45.9 Å². The first-order valence-electron chi connectivity index (χ1n) is 8.75. The first kappa shape index (κ1) is 19.5. The van der Waals surface area contributed by atoms with Crippen molar-refractivity contribution in [2.24, 2.45) is 0 Å². The van der Waals surface area contributed by atoms with Gasteiger partial charge in [-0.2, -0.15) is 0 Å². The van der Waals surface area contributed by atoms with Gasteiger partial charge in [0.25, 0.3) is 5.91 Å². The molecule has 138 valence electrons. The molecule has 0 saturated carbocycles. The molecule has 0 unspecified atom stereocenters. The summed E-state index contributed by atoms with van der Waals surface area (Å²) in [6, 6.07) is 16.9.